The third kappa shape index (κ3) is 5.36. The number of halogens is 1. The summed E-state index contributed by atoms with van der Waals surface area (Å²) in [6.07, 6.45) is 14.5. The molecule has 0 saturated heterocycles. The first-order valence-corrected chi connectivity index (χ1v) is 11.0. The third-order valence-corrected chi connectivity index (χ3v) is 5.74. The number of aliphatic imine (C=N–C) groups is 1. The average molecular weight is 438 g/mol. The molecule has 6 heteroatoms. The fraction of sp³-hybridized carbons (Fsp3) is 0.385. The van der Waals surface area contributed by atoms with Crippen molar-refractivity contribution in [2.75, 3.05) is 7.11 Å². The van der Waals surface area contributed by atoms with Gasteiger partial charge in [-0.25, -0.2) is 4.39 Å². The largest absolute Gasteiger partial charge is 0.498 e. The van der Waals surface area contributed by atoms with Gasteiger partial charge < -0.3 is 15.8 Å². The first-order valence-electron chi connectivity index (χ1n) is 11.0. The number of nitrogens with zero attached hydrogens (tertiary/aromatic N) is 1. The Morgan fingerprint density at radius 1 is 1.31 bits per heavy atom. The van der Waals surface area contributed by atoms with E-state index in [0.29, 0.717) is 18.6 Å². The molecule has 0 spiro atoms. The highest BCUT2D eigenvalue weighted by Gasteiger charge is 2.31. The predicted octanol–water partition coefficient (Wildman–Crippen LogP) is 4.87. The lowest BCUT2D eigenvalue weighted by Crippen LogP contribution is -2.36. The van der Waals surface area contributed by atoms with Crippen LogP contribution in [0.2, 0.25) is 0 Å². The molecule has 0 radical (unpaired) electrons. The fourth-order valence-corrected chi connectivity index (χ4v) is 4.10. The summed E-state index contributed by atoms with van der Waals surface area (Å²) in [6, 6.07) is -0.334. The highest BCUT2D eigenvalue weighted by molar-refractivity contribution is 6.01. The van der Waals surface area contributed by atoms with Crippen LogP contribution in [0.4, 0.5) is 4.39 Å². The van der Waals surface area contributed by atoms with Gasteiger partial charge in [-0.2, -0.15) is 0 Å². The molecule has 2 aliphatic carbocycles. The van der Waals surface area contributed by atoms with E-state index in [1.807, 2.05) is 51.2 Å². The van der Waals surface area contributed by atoms with Crippen LogP contribution in [-0.2, 0) is 9.53 Å². The van der Waals surface area contributed by atoms with E-state index in [0.717, 1.165) is 45.8 Å². The lowest BCUT2D eigenvalue weighted by Gasteiger charge is -2.32. The Morgan fingerprint density at radius 3 is 2.72 bits per heavy atom. The van der Waals surface area contributed by atoms with Gasteiger partial charge in [0.15, 0.2) is 0 Å². The van der Waals surface area contributed by atoms with Crippen molar-refractivity contribution >= 4 is 11.7 Å². The van der Waals surface area contributed by atoms with Crippen molar-refractivity contribution in [2.45, 2.75) is 58.7 Å². The SMILES string of the molecule is CC=CC/C(=C\C)C1=NC2C(OC)=CC(C3=CC(F)CC(C)=C3)=CC2=C(CCC(N)=O)N1. The molecule has 170 valence electrons. The van der Waals surface area contributed by atoms with E-state index >= 15 is 0 Å². The Balaban J connectivity index is 2.07. The number of carbonyl (C=O) groups excluding carboxylic acids is 1. The molecule has 2 atom stereocenters. The lowest BCUT2D eigenvalue weighted by atomic mass is 9.85. The first-order chi connectivity index (χ1) is 15.4. The summed E-state index contributed by atoms with van der Waals surface area (Å²) in [6.45, 7) is 5.90. The van der Waals surface area contributed by atoms with Crippen molar-refractivity contribution in [3.63, 3.8) is 0 Å². The number of amides is 1. The minimum absolute atomic E-state index is 0.218. The Bertz CT molecular complexity index is 1020. The van der Waals surface area contributed by atoms with Gasteiger partial charge in [-0.1, -0.05) is 29.9 Å². The lowest BCUT2D eigenvalue weighted by molar-refractivity contribution is -0.118. The number of hydrogen-bond acceptors (Lipinski definition) is 4. The topological polar surface area (TPSA) is 76.7 Å². The van der Waals surface area contributed by atoms with Crippen molar-refractivity contribution in [1.29, 1.82) is 0 Å². The van der Waals surface area contributed by atoms with E-state index in [2.05, 4.69) is 11.4 Å². The monoisotopic (exact) mass is 437 g/mol. The zero-order chi connectivity index (χ0) is 23.3. The van der Waals surface area contributed by atoms with Crippen LogP contribution < -0.4 is 11.1 Å². The van der Waals surface area contributed by atoms with E-state index in [-0.39, 0.29) is 18.4 Å². The molecular formula is C26H32FN3O2. The molecule has 1 aliphatic heterocycles. The van der Waals surface area contributed by atoms with Crippen LogP contribution in [0.15, 0.2) is 86.8 Å². The number of alkyl halides is 1. The fourth-order valence-electron chi connectivity index (χ4n) is 4.10. The van der Waals surface area contributed by atoms with Crippen molar-refractivity contribution in [2.24, 2.45) is 10.7 Å². The molecule has 0 fully saturated rings. The summed E-state index contributed by atoms with van der Waals surface area (Å²) in [5.41, 5.74) is 11.0. The standard InChI is InChI=1S/C26H32FN3O2/c1-5-7-8-17(6-2)26-29-22(9-10-24(28)31)21-14-19(15-23(32-4)25(21)30-26)18-11-16(3)12-20(27)13-18/h5-7,11,13-15,20,25H,8-10,12H2,1-4H3,(H2,28,31)(H,29,30)/b7-5?,17-6+. The molecule has 3 rings (SSSR count). The van der Waals surface area contributed by atoms with Gasteiger partial charge in [0, 0.05) is 24.1 Å². The molecule has 0 bridgehead atoms. The summed E-state index contributed by atoms with van der Waals surface area (Å²) in [7, 11) is 1.62. The molecule has 0 aromatic rings. The number of amidine groups is 1. The van der Waals surface area contributed by atoms with E-state index in [4.69, 9.17) is 15.5 Å². The van der Waals surface area contributed by atoms with Gasteiger partial charge >= 0.3 is 0 Å². The highest BCUT2D eigenvalue weighted by atomic mass is 19.1. The molecule has 1 heterocycles. The van der Waals surface area contributed by atoms with Crippen LogP contribution in [0.3, 0.4) is 0 Å². The molecule has 3 aliphatic rings. The zero-order valence-electron chi connectivity index (χ0n) is 19.2. The van der Waals surface area contributed by atoms with Gasteiger partial charge in [0.1, 0.15) is 23.8 Å². The van der Waals surface area contributed by atoms with Crippen LogP contribution >= 0.6 is 0 Å². The molecule has 0 aromatic heterocycles. The molecule has 1 amide bonds. The maximum atomic E-state index is 14.2. The molecule has 0 saturated carbocycles. The number of nitrogens with two attached hydrogens (primary N) is 1. The first kappa shape index (κ1) is 23.5. The second-order valence-corrected chi connectivity index (χ2v) is 8.18. The second-order valence-electron chi connectivity index (χ2n) is 8.18. The Labute approximate surface area is 189 Å². The molecule has 5 nitrogen and oxygen atoms in total. The maximum absolute atomic E-state index is 14.2. The van der Waals surface area contributed by atoms with Crippen molar-refractivity contribution in [3.05, 3.63) is 81.9 Å². The molecule has 3 N–H and O–H groups in total. The number of carbonyl (C=O) groups is 1. The number of fused-ring (bicyclic) bond motifs is 1. The van der Waals surface area contributed by atoms with Crippen LogP contribution in [-0.4, -0.2) is 31.1 Å². The molecule has 2 unspecified atom stereocenters. The Kier molecular flexibility index (Phi) is 7.67. The van der Waals surface area contributed by atoms with E-state index in [1.165, 1.54) is 0 Å². The van der Waals surface area contributed by atoms with Crippen molar-refractivity contribution < 1.29 is 13.9 Å². The quantitative estimate of drug-likeness (QED) is 0.532. The van der Waals surface area contributed by atoms with Crippen molar-refractivity contribution in [1.82, 2.24) is 5.32 Å². The number of allylic oxidation sites excluding steroid dienone is 10. The molecular weight excluding hydrogens is 405 g/mol. The smallest absolute Gasteiger partial charge is 0.217 e. The van der Waals surface area contributed by atoms with E-state index in [1.54, 1.807) is 13.2 Å². The minimum Gasteiger partial charge on any atom is -0.498 e. The van der Waals surface area contributed by atoms with Crippen molar-refractivity contribution in [3.8, 4) is 0 Å². The normalized spacial score (nSPS) is 23.5. The third-order valence-electron chi connectivity index (χ3n) is 5.74. The van der Waals surface area contributed by atoms with Gasteiger partial charge in [-0.15, -0.1) is 0 Å². The van der Waals surface area contributed by atoms with Gasteiger partial charge in [-0.05, 0) is 68.6 Å². The van der Waals surface area contributed by atoms with Gasteiger partial charge in [-0.3, -0.25) is 9.79 Å². The molecule has 0 aromatic carbocycles. The average Bonchev–Trinajstić information content (AvgIpc) is 2.76. The summed E-state index contributed by atoms with van der Waals surface area (Å²) >= 11 is 0. The number of hydrogen-bond donors (Lipinski definition) is 2. The summed E-state index contributed by atoms with van der Waals surface area (Å²) in [5, 5.41) is 3.44. The van der Waals surface area contributed by atoms with Crippen LogP contribution in [0.1, 0.15) is 46.5 Å². The minimum atomic E-state index is -1.01. The maximum Gasteiger partial charge on any atom is 0.217 e. The second kappa shape index (κ2) is 10.4. The summed E-state index contributed by atoms with van der Waals surface area (Å²) in [4.78, 5) is 16.5. The number of ether oxygens (including phenoxy) is 1. The summed E-state index contributed by atoms with van der Waals surface area (Å²) in [5.74, 6) is 1.08. The van der Waals surface area contributed by atoms with Gasteiger partial charge in [0.25, 0.3) is 0 Å². The van der Waals surface area contributed by atoms with Gasteiger partial charge in [0.2, 0.25) is 5.91 Å². The Hall–Kier alpha value is -3.15. The van der Waals surface area contributed by atoms with Crippen LogP contribution in [0, 0.1) is 0 Å². The number of methoxy groups -OCH3 is 1. The highest BCUT2D eigenvalue weighted by Crippen LogP contribution is 2.36. The van der Waals surface area contributed by atoms with E-state index < -0.39 is 6.17 Å². The Morgan fingerprint density at radius 2 is 2.09 bits per heavy atom. The predicted molar refractivity (Wildman–Crippen MR) is 128 cm³/mol. The zero-order valence-corrected chi connectivity index (χ0v) is 19.2. The number of primary amides is 1. The van der Waals surface area contributed by atoms with Gasteiger partial charge in [0.05, 0.1) is 7.11 Å². The summed E-state index contributed by atoms with van der Waals surface area (Å²) < 4.78 is 19.9. The van der Waals surface area contributed by atoms with E-state index in [9.17, 15) is 9.18 Å². The molecule has 32 heavy (non-hydrogen) atoms. The van der Waals surface area contributed by atoms with Crippen LogP contribution in [0.5, 0.6) is 0 Å². The number of nitrogens with one attached hydrogen (secondary N) is 1. The van der Waals surface area contributed by atoms with Crippen LogP contribution in [0.25, 0.3) is 0 Å². The number of rotatable bonds is 8.